The van der Waals surface area contributed by atoms with Crippen LogP contribution in [-0.4, -0.2) is 82.3 Å². The second kappa shape index (κ2) is 17.7. The molecule has 1 saturated heterocycles. The molecule has 58 heavy (non-hydrogen) atoms. The Labute approximate surface area is 335 Å². The number of H-pyrrole nitrogens is 1. The number of amides is 2. The standard InChI is InChI=1S/C44H46N4O10/c1-4-5-6-12-26-47(48-40(51)34-15-10-11-16-35(34)41(48)52)58-39-36(57-42(38(39)50)46-27-25-37(49)45-43(46)53)28-56-44(29-13-8-7-9-14-29,30-17-21-32(54-2)22-18-30)31-19-23-33(55-3)24-20-31/h7-11,13-25,27,36,38-39,42,50H,4-6,12,26,28H2,1-3H3,(H,45,49,53)/t36-,38-,39-,42-/m1/s1. The summed E-state index contributed by atoms with van der Waals surface area (Å²) in [5.74, 6) is 0.121. The highest BCUT2D eigenvalue weighted by atomic mass is 16.7. The molecule has 1 fully saturated rings. The molecule has 0 saturated carbocycles. The van der Waals surface area contributed by atoms with Crippen molar-refractivity contribution in [2.45, 2.75) is 62.7 Å². The summed E-state index contributed by atoms with van der Waals surface area (Å²) in [6, 6.07) is 32.2. The van der Waals surface area contributed by atoms with Crippen LogP contribution in [0, 0.1) is 0 Å². The molecule has 0 unspecified atom stereocenters. The third-order valence-electron chi connectivity index (χ3n) is 10.5. The number of imide groups is 1. The Balaban J connectivity index is 1.31. The van der Waals surface area contributed by atoms with Crippen molar-refractivity contribution in [3.05, 3.63) is 164 Å². The topological polar surface area (TPSA) is 162 Å². The fraction of sp³-hybridized carbons (Fsp3) is 0.318. The number of hydrogen-bond donors (Lipinski definition) is 2. The number of aliphatic hydroxyl groups is 1. The molecule has 2 N–H and O–H groups in total. The van der Waals surface area contributed by atoms with Crippen molar-refractivity contribution in [3.63, 3.8) is 0 Å². The minimum Gasteiger partial charge on any atom is -0.497 e. The van der Waals surface area contributed by atoms with E-state index in [9.17, 15) is 24.3 Å². The molecular formula is C44H46N4O10. The van der Waals surface area contributed by atoms with Crippen molar-refractivity contribution >= 4 is 11.8 Å². The first-order valence-corrected chi connectivity index (χ1v) is 19.3. The summed E-state index contributed by atoms with van der Waals surface area (Å²) in [6.07, 6.45) is -0.911. The van der Waals surface area contributed by atoms with Gasteiger partial charge >= 0.3 is 5.69 Å². The molecule has 3 heterocycles. The van der Waals surface area contributed by atoms with Crippen LogP contribution in [0.1, 0.15) is 76.2 Å². The van der Waals surface area contributed by atoms with E-state index in [1.54, 1.807) is 38.5 Å². The predicted molar refractivity (Wildman–Crippen MR) is 212 cm³/mol. The van der Waals surface area contributed by atoms with Crippen LogP contribution in [0.25, 0.3) is 0 Å². The number of carbonyl (C=O) groups is 2. The first kappa shape index (κ1) is 40.3. The van der Waals surface area contributed by atoms with Crippen LogP contribution in [0.3, 0.4) is 0 Å². The van der Waals surface area contributed by atoms with E-state index in [0.717, 1.165) is 51.6 Å². The minimum atomic E-state index is -1.56. The van der Waals surface area contributed by atoms with E-state index in [1.807, 2.05) is 78.9 Å². The predicted octanol–water partition coefficient (Wildman–Crippen LogP) is 5.21. The number of methoxy groups -OCH3 is 2. The van der Waals surface area contributed by atoms with Crippen molar-refractivity contribution in [2.75, 3.05) is 27.4 Å². The number of hydrazine groups is 1. The van der Waals surface area contributed by atoms with Gasteiger partial charge in [0, 0.05) is 18.8 Å². The van der Waals surface area contributed by atoms with Gasteiger partial charge in [0.1, 0.15) is 35.4 Å². The van der Waals surface area contributed by atoms with E-state index < -0.39 is 53.2 Å². The number of nitrogens with zero attached hydrogens (tertiary/aromatic N) is 3. The lowest BCUT2D eigenvalue weighted by Gasteiger charge is -2.38. The largest absolute Gasteiger partial charge is 0.497 e. The van der Waals surface area contributed by atoms with Gasteiger partial charge in [0.25, 0.3) is 17.4 Å². The van der Waals surface area contributed by atoms with Crippen LogP contribution in [0.4, 0.5) is 0 Å². The molecule has 2 aliphatic rings. The highest BCUT2D eigenvalue weighted by Gasteiger charge is 2.51. The Hall–Kier alpha value is -5.90. The van der Waals surface area contributed by atoms with E-state index in [2.05, 4.69) is 11.9 Å². The maximum absolute atomic E-state index is 13.8. The van der Waals surface area contributed by atoms with Gasteiger partial charge < -0.3 is 24.1 Å². The monoisotopic (exact) mass is 790 g/mol. The first-order chi connectivity index (χ1) is 28.2. The number of ether oxygens (including phenoxy) is 4. The molecule has 7 rings (SSSR count). The van der Waals surface area contributed by atoms with Crippen LogP contribution < -0.4 is 20.7 Å². The second-order valence-electron chi connectivity index (χ2n) is 14.1. The second-order valence-corrected chi connectivity index (χ2v) is 14.1. The summed E-state index contributed by atoms with van der Waals surface area (Å²) in [6.45, 7) is 1.95. The summed E-state index contributed by atoms with van der Waals surface area (Å²) in [4.78, 5) is 61.6. The summed E-state index contributed by atoms with van der Waals surface area (Å²) in [5.41, 5.74) is -0.0630. The summed E-state index contributed by atoms with van der Waals surface area (Å²) in [5, 5.41) is 14.2. The number of carbonyl (C=O) groups excluding carboxylic acids is 2. The van der Waals surface area contributed by atoms with Gasteiger partial charge in [-0.2, -0.15) is 5.01 Å². The molecule has 5 aromatic rings. The van der Waals surface area contributed by atoms with Crippen molar-refractivity contribution in [1.82, 2.24) is 19.7 Å². The number of benzene rings is 4. The van der Waals surface area contributed by atoms with E-state index in [4.69, 9.17) is 23.8 Å². The molecule has 14 heteroatoms. The Morgan fingerprint density at radius 1 is 0.741 bits per heavy atom. The zero-order valence-electron chi connectivity index (χ0n) is 32.5. The Morgan fingerprint density at radius 3 is 1.86 bits per heavy atom. The maximum atomic E-state index is 13.8. The fourth-order valence-corrected chi connectivity index (χ4v) is 7.52. The van der Waals surface area contributed by atoms with Crippen molar-refractivity contribution in [2.24, 2.45) is 0 Å². The Morgan fingerprint density at radius 2 is 1.31 bits per heavy atom. The quantitative estimate of drug-likeness (QED) is 0.0551. The molecule has 2 amide bonds. The summed E-state index contributed by atoms with van der Waals surface area (Å²) in [7, 11) is 3.17. The van der Waals surface area contributed by atoms with Gasteiger partial charge in [0.15, 0.2) is 6.23 Å². The highest BCUT2D eigenvalue weighted by molar-refractivity contribution is 6.20. The van der Waals surface area contributed by atoms with Crippen LogP contribution in [0.5, 0.6) is 11.5 Å². The maximum Gasteiger partial charge on any atom is 0.330 e. The smallest absolute Gasteiger partial charge is 0.330 e. The summed E-state index contributed by atoms with van der Waals surface area (Å²) >= 11 is 0. The zero-order valence-corrected chi connectivity index (χ0v) is 32.5. The number of nitrogens with one attached hydrogen (secondary N) is 1. The molecule has 0 spiro atoms. The summed E-state index contributed by atoms with van der Waals surface area (Å²) < 4.78 is 25.7. The van der Waals surface area contributed by atoms with Gasteiger partial charge in [-0.1, -0.05) is 98.1 Å². The highest BCUT2D eigenvalue weighted by Crippen LogP contribution is 2.43. The third kappa shape index (κ3) is 7.84. The number of hydrogen-bond acceptors (Lipinski definition) is 11. The molecule has 14 nitrogen and oxygen atoms in total. The number of rotatable bonds is 17. The molecular weight excluding hydrogens is 745 g/mol. The molecule has 2 aliphatic heterocycles. The van der Waals surface area contributed by atoms with E-state index >= 15 is 0 Å². The lowest BCUT2D eigenvalue weighted by molar-refractivity contribution is -0.292. The van der Waals surface area contributed by atoms with Gasteiger partial charge in [-0.05, 0) is 59.5 Å². The Bertz CT molecular complexity index is 2230. The first-order valence-electron chi connectivity index (χ1n) is 19.3. The van der Waals surface area contributed by atoms with Gasteiger partial charge in [-0.25, -0.2) is 4.79 Å². The van der Waals surface area contributed by atoms with Crippen LogP contribution >= 0.6 is 0 Å². The lowest BCUT2D eigenvalue weighted by Crippen LogP contribution is -2.52. The molecule has 0 aliphatic carbocycles. The molecule has 4 atom stereocenters. The number of unbranched alkanes of at least 4 members (excludes halogenated alkanes) is 3. The van der Waals surface area contributed by atoms with Crippen molar-refractivity contribution in [3.8, 4) is 11.5 Å². The number of fused-ring (bicyclic) bond motifs is 1. The van der Waals surface area contributed by atoms with Crippen molar-refractivity contribution in [1.29, 1.82) is 0 Å². The minimum absolute atomic E-state index is 0.122. The van der Waals surface area contributed by atoms with Gasteiger partial charge in [0.2, 0.25) is 0 Å². The van der Waals surface area contributed by atoms with E-state index in [1.165, 1.54) is 11.4 Å². The Kier molecular flexibility index (Phi) is 12.3. The molecule has 4 aromatic carbocycles. The number of hydroxylamine groups is 1. The van der Waals surface area contributed by atoms with Gasteiger partial charge in [-0.15, -0.1) is 0 Å². The number of aromatic amines is 1. The van der Waals surface area contributed by atoms with Gasteiger partial charge in [-0.3, -0.25) is 28.8 Å². The van der Waals surface area contributed by atoms with Gasteiger partial charge in [0.05, 0.1) is 32.0 Å². The molecule has 1 aromatic heterocycles. The van der Waals surface area contributed by atoms with Crippen LogP contribution in [0.15, 0.2) is 125 Å². The molecule has 302 valence electrons. The number of aliphatic hydroxyl groups excluding tert-OH is 1. The fourth-order valence-electron chi connectivity index (χ4n) is 7.52. The van der Waals surface area contributed by atoms with E-state index in [-0.39, 0.29) is 24.3 Å². The van der Waals surface area contributed by atoms with Crippen LogP contribution in [0.2, 0.25) is 0 Å². The molecule has 0 bridgehead atoms. The van der Waals surface area contributed by atoms with E-state index in [0.29, 0.717) is 17.9 Å². The number of aromatic nitrogens is 2. The lowest BCUT2D eigenvalue weighted by atomic mass is 9.80. The average molecular weight is 791 g/mol. The zero-order chi connectivity index (χ0) is 40.8. The average Bonchev–Trinajstić information content (AvgIpc) is 3.70. The molecule has 0 radical (unpaired) electrons. The van der Waals surface area contributed by atoms with Crippen LogP contribution in [-0.2, 0) is 19.9 Å². The van der Waals surface area contributed by atoms with Crippen molar-refractivity contribution < 1.29 is 38.5 Å². The third-order valence-corrected chi connectivity index (χ3v) is 10.5. The normalized spacial score (nSPS) is 19.2. The SMILES string of the molecule is CCCCCCN(O[C@H]1[C@@H](O)[C@H](n2ccc(=O)[nH]c2=O)O[C@@H]1COC(c1ccccc1)(c1ccc(OC)cc1)c1ccc(OC)cc1)N1C(=O)c2ccccc2C1=O.